The Hall–Kier alpha value is -2.25. The summed E-state index contributed by atoms with van der Waals surface area (Å²) >= 11 is 0. The van der Waals surface area contributed by atoms with E-state index in [0.29, 0.717) is 11.4 Å². The number of anilines is 2. The lowest BCUT2D eigenvalue weighted by Gasteiger charge is -2.29. The number of alkyl halides is 3. The van der Waals surface area contributed by atoms with E-state index in [9.17, 15) is 22.8 Å². The molecule has 1 aliphatic rings. The van der Waals surface area contributed by atoms with E-state index in [2.05, 4.69) is 5.32 Å². The molecule has 0 unspecified atom stereocenters. The lowest BCUT2D eigenvalue weighted by molar-refractivity contribution is -0.122. The van der Waals surface area contributed by atoms with Crippen LogP contribution in [0.4, 0.5) is 29.3 Å². The monoisotopic (exact) mass is 273 g/mol. The van der Waals surface area contributed by atoms with Crippen molar-refractivity contribution in [1.82, 2.24) is 5.32 Å². The topological polar surface area (TPSA) is 61.4 Å². The van der Waals surface area contributed by atoms with Gasteiger partial charge >= 0.3 is 12.2 Å². The molecule has 0 radical (unpaired) electrons. The summed E-state index contributed by atoms with van der Waals surface area (Å²) in [6.07, 6.45) is -4.49. The first-order chi connectivity index (χ1) is 8.87. The molecule has 1 aliphatic heterocycles. The van der Waals surface area contributed by atoms with E-state index in [4.69, 9.17) is 0 Å². The van der Waals surface area contributed by atoms with E-state index in [1.807, 2.05) is 0 Å². The van der Waals surface area contributed by atoms with Crippen LogP contribution in [-0.2, 0) is 4.79 Å². The molecule has 3 amide bonds. The van der Waals surface area contributed by atoms with Crippen LogP contribution >= 0.6 is 0 Å². The van der Waals surface area contributed by atoms with Gasteiger partial charge in [-0.25, -0.2) is 4.79 Å². The number of rotatable bonds is 1. The highest BCUT2D eigenvalue weighted by molar-refractivity contribution is 6.09. The molecule has 0 atom stereocenters. The first-order valence-corrected chi connectivity index (χ1v) is 5.38. The normalized spacial score (nSPS) is 14.7. The van der Waals surface area contributed by atoms with Gasteiger partial charge in [0.2, 0.25) is 5.91 Å². The minimum Gasteiger partial charge on any atom is -0.329 e. The standard InChI is InChI=1S/C11H10F3N3O2/c12-11(13,14)6-15-10(19)17-5-9(18)16-7-3-1-2-4-8(7)17/h1-4H,5-6H2,(H,15,19)(H,16,18). The Labute approximate surface area is 106 Å². The summed E-state index contributed by atoms with van der Waals surface area (Å²) in [4.78, 5) is 24.0. The first kappa shape index (κ1) is 13.2. The number of fused-ring (bicyclic) bond motifs is 1. The average molecular weight is 273 g/mol. The third kappa shape index (κ3) is 3.15. The minimum absolute atomic E-state index is 0.319. The minimum atomic E-state index is -4.49. The maximum absolute atomic E-state index is 12.0. The van der Waals surface area contributed by atoms with Gasteiger partial charge in [0.05, 0.1) is 11.4 Å². The average Bonchev–Trinajstić information content (AvgIpc) is 2.34. The quantitative estimate of drug-likeness (QED) is 0.818. The highest BCUT2D eigenvalue weighted by atomic mass is 19.4. The number of benzene rings is 1. The summed E-state index contributed by atoms with van der Waals surface area (Å²) < 4.78 is 36.1. The second-order valence-electron chi connectivity index (χ2n) is 3.93. The summed E-state index contributed by atoms with van der Waals surface area (Å²) in [6, 6.07) is 5.43. The Kier molecular flexibility index (Phi) is 3.32. The fourth-order valence-corrected chi connectivity index (χ4v) is 1.69. The van der Waals surface area contributed by atoms with Crippen molar-refractivity contribution in [2.45, 2.75) is 6.18 Å². The van der Waals surface area contributed by atoms with Crippen molar-refractivity contribution in [3.63, 3.8) is 0 Å². The summed E-state index contributed by atoms with van der Waals surface area (Å²) in [6.45, 7) is -1.76. The molecule has 2 N–H and O–H groups in total. The third-order valence-electron chi connectivity index (χ3n) is 2.46. The summed E-state index contributed by atoms with van der Waals surface area (Å²) in [7, 11) is 0. The van der Waals surface area contributed by atoms with Crippen LogP contribution in [0, 0.1) is 0 Å². The van der Waals surface area contributed by atoms with Crippen molar-refractivity contribution >= 4 is 23.3 Å². The molecular formula is C11H10F3N3O2. The van der Waals surface area contributed by atoms with E-state index in [0.717, 1.165) is 4.90 Å². The molecule has 19 heavy (non-hydrogen) atoms. The molecule has 2 rings (SSSR count). The zero-order valence-corrected chi connectivity index (χ0v) is 9.62. The first-order valence-electron chi connectivity index (χ1n) is 5.38. The fraction of sp³-hybridized carbons (Fsp3) is 0.273. The van der Waals surface area contributed by atoms with Gasteiger partial charge in [0.25, 0.3) is 0 Å². The number of nitrogens with zero attached hydrogens (tertiary/aromatic N) is 1. The number of carbonyl (C=O) groups is 2. The van der Waals surface area contributed by atoms with Crippen LogP contribution in [-0.4, -0.2) is 31.2 Å². The van der Waals surface area contributed by atoms with Gasteiger partial charge in [0.15, 0.2) is 0 Å². The van der Waals surface area contributed by atoms with E-state index in [1.54, 1.807) is 29.6 Å². The van der Waals surface area contributed by atoms with Crippen LogP contribution in [0.5, 0.6) is 0 Å². The van der Waals surface area contributed by atoms with E-state index in [-0.39, 0.29) is 6.54 Å². The van der Waals surface area contributed by atoms with Crippen LogP contribution in [0.3, 0.4) is 0 Å². The molecule has 0 aliphatic carbocycles. The second-order valence-corrected chi connectivity index (χ2v) is 3.93. The molecule has 0 aromatic heterocycles. The van der Waals surface area contributed by atoms with Gasteiger partial charge in [-0.1, -0.05) is 12.1 Å². The predicted molar refractivity (Wildman–Crippen MR) is 61.9 cm³/mol. The Balaban J connectivity index is 2.16. The fourth-order valence-electron chi connectivity index (χ4n) is 1.69. The molecule has 5 nitrogen and oxygen atoms in total. The molecule has 8 heteroatoms. The van der Waals surface area contributed by atoms with Crippen LogP contribution in [0.2, 0.25) is 0 Å². The number of hydrogen-bond donors (Lipinski definition) is 2. The number of nitrogens with one attached hydrogen (secondary N) is 2. The SMILES string of the molecule is O=C1CN(C(=O)NCC(F)(F)F)c2ccccc2N1. The smallest absolute Gasteiger partial charge is 0.329 e. The highest BCUT2D eigenvalue weighted by Crippen LogP contribution is 2.28. The van der Waals surface area contributed by atoms with Gasteiger partial charge in [-0.05, 0) is 12.1 Å². The zero-order chi connectivity index (χ0) is 14.0. The number of para-hydroxylation sites is 2. The third-order valence-corrected chi connectivity index (χ3v) is 2.46. The van der Waals surface area contributed by atoms with Crippen LogP contribution in [0.15, 0.2) is 24.3 Å². The van der Waals surface area contributed by atoms with E-state index < -0.39 is 24.7 Å². The number of hydrogen-bond acceptors (Lipinski definition) is 2. The number of amides is 3. The molecule has 0 fully saturated rings. The van der Waals surface area contributed by atoms with E-state index in [1.165, 1.54) is 0 Å². The Morgan fingerprint density at radius 1 is 1.37 bits per heavy atom. The van der Waals surface area contributed by atoms with Gasteiger partial charge in [-0.3, -0.25) is 9.69 Å². The predicted octanol–water partition coefficient (Wildman–Crippen LogP) is 1.72. The summed E-state index contributed by atoms with van der Waals surface area (Å²) in [5.74, 6) is -0.458. The molecule has 1 aromatic carbocycles. The summed E-state index contributed by atoms with van der Waals surface area (Å²) in [5.41, 5.74) is 0.752. The van der Waals surface area contributed by atoms with Gasteiger partial charge in [-0.15, -0.1) is 0 Å². The van der Waals surface area contributed by atoms with Crippen molar-refractivity contribution in [2.75, 3.05) is 23.3 Å². The molecule has 1 heterocycles. The van der Waals surface area contributed by atoms with Crippen LogP contribution < -0.4 is 15.5 Å². The van der Waals surface area contributed by atoms with E-state index >= 15 is 0 Å². The number of carbonyl (C=O) groups excluding carboxylic acids is 2. The molecule has 0 saturated heterocycles. The molecule has 0 saturated carbocycles. The maximum Gasteiger partial charge on any atom is 0.405 e. The van der Waals surface area contributed by atoms with Crippen molar-refractivity contribution in [3.05, 3.63) is 24.3 Å². The van der Waals surface area contributed by atoms with Crippen molar-refractivity contribution in [2.24, 2.45) is 0 Å². The number of urea groups is 1. The second kappa shape index (κ2) is 4.79. The van der Waals surface area contributed by atoms with Gasteiger partial charge in [0, 0.05) is 0 Å². The van der Waals surface area contributed by atoms with Gasteiger partial charge in [-0.2, -0.15) is 13.2 Å². The van der Waals surface area contributed by atoms with Gasteiger partial charge < -0.3 is 10.6 Å². The lowest BCUT2D eigenvalue weighted by Crippen LogP contribution is -2.49. The Morgan fingerprint density at radius 2 is 2.05 bits per heavy atom. The molecule has 0 bridgehead atoms. The van der Waals surface area contributed by atoms with Gasteiger partial charge in [0.1, 0.15) is 13.1 Å². The molecule has 1 aromatic rings. The number of halogens is 3. The summed E-state index contributed by atoms with van der Waals surface area (Å²) in [5, 5.41) is 4.27. The van der Waals surface area contributed by atoms with Crippen molar-refractivity contribution in [3.8, 4) is 0 Å². The molecular weight excluding hydrogens is 263 g/mol. The zero-order valence-electron chi connectivity index (χ0n) is 9.62. The Bertz CT molecular complexity index is 516. The highest BCUT2D eigenvalue weighted by Gasteiger charge is 2.31. The Morgan fingerprint density at radius 3 is 2.74 bits per heavy atom. The molecule has 102 valence electrons. The van der Waals surface area contributed by atoms with Crippen molar-refractivity contribution in [1.29, 1.82) is 0 Å². The van der Waals surface area contributed by atoms with Crippen LogP contribution in [0.1, 0.15) is 0 Å². The molecule has 0 spiro atoms. The largest absolute Gasteiger partial charge is 0.405 e. The maximum atomic E-state index is 12.0. The van der Waals surface area contributed by atoms with Crippen molar-refractivity contribution < 1.29 is 22.8 Å². The van der Waals surface area contributed by atoms with Crippen LogP contribution in [0.25, 0.3) is 0 Å². The lowest BCUT2D eigenvalue weighted by atomic mass is 10.2.